The Morgan fingerprint density at radius 3 is 2.50 bits per heavy atom. The first-order chi connectivity index (χ1) is 9.74. The quantitative estimate of drug-likeness (QED) is 0.834. The van der Waals surface area contributed by atoms with E-state index in [1.807, 2.05) is 7.11 Å². The van der Waals surface area contributed by atoms with Crippen molar-refractivity contribution in [2.24, 2.45) is 5.73 Å². The molecule has 0 saturated carbocycles. The van der Waals surface area contributed by atoms with Crippen LogP contribution in [0.15, 0.2) is 0 Å². The van der Waals surface area contributed by atoms with Crippen LogP contribution in [0.3, 0.4) is 0 Å². The second-order valence-electron chi connectivity index (χ2n) is 6.55. The summed E-state index contributed by atoms with van der Waals surface area (Å²) in [6.45, 7) is 9.11. The topological polar surface area (TPSA) is 41.7 Å². The summed E-state index contributed by atoms with van der Waals surface area (Å²) in [5.41, 5.74) is 6.48. The number of piperidine rings is 1. The summed E-state index contributed by atoms with van der Waals surface area (Å²) in [5.74, 6) is 0. The lowest BCUT2D eigenvalue weighted by Gasteiger charge is -2.46. The Hall–Kier alpha value is -0.160. The molecule has 118 valence electrons. The molecule has 2 aliphatic heterocycles. The third-order valence-electron chi connectivity index (χ3n) is 5.38. The average Bonchev–Trinajstić information content (AvgIpc) is 2.71. The van der Waals surface area contributed by atoms with Gasteiger partial charge in [0.25, 0.3) is 0 Å². The molecule has 0 amide bonds. The highest BCUT2D eigenvalue weighted by Gasteiger charge is 2.38. The standard InChI is InChI=1S/C16H33N3O/c1-3-9-18-10-4-7-16(14-17,8-13-18)19-11-5-15(20-2)6-12-19/h15H,3-14,17H2,1-2H3. The van der Waals surface area contributed by atoms with Crippen LogP contribution in [0.4, 0.5) is 0 Å². The van der Waals surface area contributed by atoms with Crippen molar-refractivity contribution in [1.82, 2.24) is 9.80 Å². The lowest BCUT2D eigenvalue weighted by molar-refractivity contribution is -0.00750. The molecule has 0 spiro atoms. The Morgan fingerprint density at radius 2 is 1.90 bits per heavy atom. The molecule has 2 heterocycles. The van der Waals surface area contributed by atoms with Crippen molar-refractivity contribution >= 4 is 0 Å². The van der Waals surface area contributed by atoms with Crippen LogP contribution in [0.2, 0.25) is 0 Å². The minimum absolute atomic E-state index is 0.251. The van der Waals surface area contributed by atoms with E-state index in [0.29, 0.717) is 6.10 Å². The average molecular weight is 283 g/mol. The molecule has 0 aromatic rings. The van der Waals surface area contributed by atoms with E-state index in [4.69, 9.17) is 10.5 Å². The molecule has 0 aliphatic carbocycles. The fourth-order valence-electron chi connectivity index (χ4n) is 3.99. The van der Waals surface area contributed by atoms with E-state index in [2.05, 4.69) is 16.7 Å². The number of likely N-dealkylation sites (tertiary alicyclic amines) is 2. The van der Waals surface area contributed by atoms with Gasteiger partial charge in [-0.3, -0.25) is 4.90 Å². The maximum atomic E-state index is 6.23. The molecular weight excluding hydrogens is 250 g/mol. The maximum absolute atomic E-state index is 6.23. The van der Waals surface area contributed by atoms with E-state index in [1.165, 1.54) is 45.3 Å². The second-order valence-corrected chi connectivity index (χ2v) is 6.55. The molecular formula is C16H33N3O. The van der Waals surface area contributed by atoms with Gasteiger partial charge in [0.05, 0.1) is 6.10 Å². The van der Waals surface area contributed by atoms with Gasteiger partial charge in [-0.1, -0.05) is 6.92 Å². The number of nitrogens with two attached hydrogens (primary N) is 1. The van der Waals surface area contributed by atoms with Crippen molar-refractivity contribution < 1.29 is 4.74 Å². The number of hydrogen-bond donors (Lipinski definition) is 1. The molecule has 1 unspecified atom stereocenters. The summed E-state index contributed by atoms with van der Waals surface area (Å²) in [6, 6.07) is 0. The van der Waals surface area contributed by atoms with Crippen molar-refractivity contribution in [1.29, 1.82) is 0 Å². The van der Waals surface area contributed by atoms with Gasteiger partial charge in [-0.2, -0.15) is 0 Å². The minimum Gasteiger partial charge on any atom is -0.381 e. The Balaban J connectivity index is 1.95. The predicted molar refractivity (Wildman–Crippen MR) is 84.0 cm³/mol. The molecule has 2 fully saturated rings. The number of nitrogens with zero attached hydrogens (tertiary/aromatic N) is 2. The molecule has 1 atom stereocenters. The highest BCUT2D eigenvalue weighted by atomic mass is 16.5. The van der Waals surface area contributed by atoms with E-state index in [1.54, 1.807) is 0 Å². The number of hydrogen-bond acceptors (Lipinski definition) is 4. The molecule has 20 heavy (non-hydrogen) atoms. The lowest BCUT2D eigenvalue weighted by atomic mass is 9.86. The van der Waals surface area contributed by atoms with E-state index in [0.717, 1.165) is 32.5 Å². The first kappa shape index (κ1) is 16.2. The highest BCUT2D eigenvalue weighted by molar-refractivity contribution is 4.96. The van der Waals surface area contributed by atoms with Crippen LogP contribution in [0.5, 0.6) is 0 Å². The van der Waals surface area contributed by atoms with Gasteiger partial charge in [-0.05, 0) is 58.2 Å². The number of rotatable bonds is 5. The number of methoxy groups -OCH3 is 1. The van der Waals surface area contributed by atoms with Gasteiger partial charge >= 0.3 is 0 Å². The van der Waals surface area contributed by atoms with Crippen molar-refractivity contribution in [3.63, 3.8) is 0 Å². The van der Waals surface area contributed by atoms with Gasteiger partial charge in [0, 0.05) is 32.3 Å². The third kappa shape index (κ3) is 3.73. The zero-order valence-corrected chi connectivity index (χ0v) is 13.4. The van der Waals surface area contributed by atoms with E-state index in [-0.39, 0.29) is 5.54 Å². The summed E-state index contributed by atoms with van der Waals surface area (Å²) in [5, 5.41) is 0. The maximum Gasteiger partial charge on any atom is 0.0595 e. The van der Waals surface area contributed by atoms with Crippen molar-refractivity contribution in [2.75, 3.05) is 46.4 Å². The summed E-state index contributed by atoms with van der Waals surface area (Å²) < 4.78 is 5.50. The van der Waals surface area contributed by atoms with Crippen LogP contribution in [-0.2, 0) is 4.74 Å². The Labute approximate surface area is 124 Å². The van der Waals surface area contributed by atoms with Gasteiger partial charge in [0.1, 0.15) is 0 Å². The van der Waals surface area contributed by atoms with Crippen molar-refractivity contribution in [3.8, 4) is 0 Å². The van der Waals surface area contributed by atoms with Crippen LogP contribution in [0.1, 0.15) is 45.4 Å². The predicted octanol–water partition coefficient (Wildman–Crippen LogP) is 1.69. The van der Waals surface area contributed by atoms with Crippen molar-refractivity contribution in [2.45, 2.75) is 57.1 Å². The lowest BCUT2D eigenvalue weighted by Crippen LogP contribution is -2.57. The minimum atomic E-state index is 0.251. The molecule has 0 aromatic heterocycles. The van der Waals surface area contributed by atoms with E-state index in [9.17, 15) is 0 Å². The van der Waals surface area contributed by atoms with Gasteiger partial charge in [-0.15, -0.1) is 0 Å². The van der Waals surface area contributed by atoms with Crippen LogP contribution < -0.4 is 5.73 Å². The molecule has 0 aromatic carbocycles. The zero-order chi connectivity index (χ0) is 14.4. The Kier molecular flexibility index (Phi) is 6.27. The number of ether oxygens (including phenoxy) is 1. The molecule has 0 radical (unpaired) electrons. The molecule has 2 saturated heterocycles. The molecule has 2 rings (SSSR count). The Bertz CT molecular complexity index is 279. The Morgan fingerprint density at radius 1 is 1.15 bits per heavy atom. The summed E-state index contributed by atoms with van der Waals surface area (Å²) >= 11 is 0. The fourth-order valence-corrected chi connectivity index (χ4v) is 3.99. The van der Waals surface area contributed by atoms with Crippen LogP contribution in [-0.4, -0.2) is 67.8 Å². The monoisotopic (exact) mass is 283 g/mol. The molecule has 4 heteroatoms. The summed E-state index contributed by atoms with van der Waals surface area (Å²) in [7, 11) is 1.84. The van der Waals surface area contributed by atoms with Gasteiger partial charge in [0.15, 0.2) is 0 Å². The first-order valence-electron chi connectivity index (χ1n) is 8.44. The van der Waals surface area contributed by atoms with Crippen LogP contribution in [0.25, 0.3) is 0 Å². The highest BCUT2D eigenvalue weighted by Crippen LogP contribution is 2.31. The second kappa shape index (κ2) is 7.74. The first-order valence-corrected chi connectivity index (χ1v) is 8.44. The normalized spacial score (nSPS) is 31.4. The molecule has 2 N–H and O–H groups in total. The van der Waals surface area contributed by atoms with Gasteiger partial charge in [-0.25, -0.2) is 0 Å². The summed E-state index contributed by atoms with van der Waals surface area (Å²) in [6.07, 6.45) is 7.84. The largest absolute Gasteiger partial charge is 0.381 e. The van der Waals surface area contributed by atoms with Crippen LogP contribution in [0, 0.1) is 0 Å². The SMILES string of the molecule is CCCN1CCCC(CN)(N2CCC(OC)CC2)CC1. The van der Waals surface area contributed by atoms with Gasteiger partial charge < -0.3 is 15.4 Å². The molecule has 4 nitrogen and oxygen atoms in total. The fraction of sp³-hybridized carbons (Fsp3) is 1.00. The molecule has 2 aliphatic rings. The summed E-state index contributed by atoms with van der Waals surface area (Å²) in [4.78, 5) is 5.30. The van der Waals surface area contributed by atoms with Crippen LogP contribution >= 0.6 is 0 Å². The smallest absolute Gasteiger partial charge is 0.0595 e. The van der Waals surface area contributed by atoms with E-state index < -0.39 is 0 Å². The third-order valence-corrected chi connectivity index (χ3v) is 5.38. The molecule has 0 bridgehead atoms. The van der Waals surface area contributed by atoms with E-state index >= 15 is 0 Å². The van der Waals surface area contributed by atoms with Crippen molar-refractivity contribution in [3.05, 3.63) is 0 Å². The zero-order valence-electron chi connectivity index (χ0n) is 13.4. The van der Waals surface area contributed by atoms with Gasteiger partial charge in [0.2, 0.25) is 0 Å².